The molecular formula is C10H9O. The molecule has 0 unspecified atom stereocenters. The van der Waals surface area contributed by atoms with Gasteiger partial charge in [0.05, 0.1) is 0 Å². The topological polar surface area (TPSA) is 19.9 Å². The van der Waals surface area contributed by atoms with E-state index in [0.717, 1.165) is 18.4 Å². The molecule has 55 valence electrons. The molecule has 0 aliphatic heterocycles. The molecule has 0 spiro atoms. The lowest BCUT2D eigenvalue weighted by Gasteiger charge is -2.08. The zero-order chi connectivity index (χ0) is 7.68. The minimum absolute atomic E-state index is 0.107. The Morgan fingerprint density at radius 1 is 1.27 bits per heavy atom. The third-order valence-corrected chi connectivity index (χ3v) is 2.00. The molecule has 1 nitrogen and oxygen atoms in total. The molecule has 0 N–H and O–H groups in total. The van der Waals surface area contributed by atoms with Crippen LogP contribution in [0.5, 0.6) is 5.75 Å². The van der Waals surface area contributed by atoms with Crippen molar-refractivity contribution in [3.05, 3.63) is 35.4 Å². The normalized spacial score (nSPS) is 14.5. The smallest absolute Gasteiger partial charge is 0.179 e. The van der Waals surface area contributed by atoms with Crippen LogP contribution in [0.4, 0.5) is 0 Å². The van der Waals surface area contributed by atoms with Crippen LogP contribution in [0.2, 0.25) is 0 Å². The predicted molar refractivity (Wildman–Crippen MR) is 43.9 cm³/mol. The molecule has 1 radical (unpaired) electrons. The zero-order valence-electron chi connectivity index (χ0n) is 6.21. The average molecular weight is 145 g/mol. The molecule has 1 aromatic carbocycles. The van der Waals surface area contributed by atoms with E-state index in [1.54, 1.807) is 12.1 Å². The Bertz CT molecular complexity index is 300. The van der Waals surface area contributed by atoms with Crippen LogP contribution < -0.4 is 0 Å². The number of fused-ring (bicyclic) bond motifs is 1. The average Bonchev–Trinajstić information content (AvgIpc) is 2.04. The van der Waals surface area contributed by atoms with Crippen LogP contribution in [0.3, 0.4) is 0 Å². The van der Waals surface area contributed by atoms with Crippen LogP contribution in [-0.2, 0) is 11.5 Å². The van der Waals surface area contributed by atoms with Crippen molar-refractivity contribution in [1.82, 2.24) is 0 Å². The first kappa shape index (κ1) is 6.47. The van der Waals surface area contributed by atoms with Crippen LogP contribution in [0, 0.1) is 0 Å². The van der Waals surface area contributed by atoms with Crippen LogP contribution in [-0.4, -0.2) is 0 Å². The highest BCUT2D eigenvalue weighted by atomic mass is 16.3. The zero-order valence-corrected chi connectivity index (χ0v) is 6.21. The second kappa shape index (κ2) is 2.42. The Hall–Kier alpha value is -1.24. The van der Waals surface area contributed by atoms with Gasteiger partial charge in [-0.25, -0.2) is 0 Å². The Kier molecular flexibility index (Phi) is 1.42. The lowest BCUT2D eigenvalue weighted by Crippen LogP contribution is -1.92. The molecular weight excluding hydrogens is 136 g/mol. The first-order valence-electron chi connectivity index (χ1n) is 3.83. The highest BCUT2D eigenvalue weighted by molar-refractivity contribution is 5.58. The summed E-state index contributed by atoms with van der Waals surface area (Å²) in [4.78, 5) is 0. The fourth-order valence-corrected chi connectivity index (χ4v) is 1.40. The maximum atomic E-state index is 10.9. The lowest BCUT2D eigenvalue weighted by molar-refractivity contribution is 0.354. The summed E-state index contributed by atoms with van der Waals surface area (Å²) in [5.74, 6) is 0.107. The number of rotatable bonds is 0. The summed E-state index contributed by atoms with van der Waals surface area (Å²) in [5, 5.41) is 10.9. The van der Waals surface area contributed by atoms with Gasteiger partial charge in [-0.3, -0.25) is 5.11 Å². The van der Waals surface area contributed by atoms with Gasteiger partial charge in [0, 0.05) is 0 Å². The van der Waals surface area contributed by atoms with Crippen molar-refractivity contribution in [2.24, 2.45) is 0 Å². The highest BCUT2D eigenvalue weighted by Crippen LogP contribution is 2.23. The van der Waals surface area contributed by atoms with E-state index >= 15 is 0 Å². The van der Waals surface area contributed by atoms with Gasteiger partial charge in [0.2, 0.25) is 0 Å². The maximum Gasteiger partial charge on any atom is 0.179 e. The van der Waals surface area contributed by atoms with Crippen molar-refractivity contribution in [2.75, 3.05) is 0 Å². The molecule has 0 fully saturated rings. The summed E-state index contributed by atoms with van der Waals surface area (Å²) in [6.07, 6.45) is 6.32. The van der Waals surface area contributed by atoms with Gasteiger partial charge >= 0.3 is 0 Å². The third-order valence-electron chi connectivity index (χ3n) is 2.00. The maximum absolute atomic E-state index is 10.9. The van der Waals surface area contributed by atoms with E-state index in [1.165, 1.54) is 5.56 Å². The van der Waals surface area contributed by atoms with Gasteiger partial charge < -0.3 is 0 Å². The van der Waals surface area contributed by atoms with Crippen LogP contribution in [0.1, 0.15) is 17.5 Å². The number of hydrogen-bond donors (Lipinski definition) is 0. The van der Waals surface area contributed by atoms with E-state index in [9.17, 15) is 5.11 Å². The van der Waals surface area contributed by atoms with Gasteiger partial charge in [-0.05, 0) is 36.1 Å². The number of allylic oxidation sites excluding steroid dienone is 1. The predicted octanol–water partition coefficient (Wildman–Crippen LogP) is 2.79. The third kappa shape index (κ3) is 1.14. The summed E-state index contributed by atoms with van der Waals surface area (Å²) in [6, 6.07) is 5.27. The quantitative estimate of drug-likeness (QED) is 0.535. The standard InChI is InChI=1S/C10H9O/c11-10-6-5-8-3-1-2-4-9(8)7-10/h2,4-7H,1,3H2. The number of benzene rings is 1. The van der Waals surface area contributed by atoms with E-state index in [1.807, 2.05) is 12.1 Å². The lowest BCUT2D eigenvalue weighted by atomic mass is 9.97. The second-order valence-corrected chi connectivity index (χ2v) is 2.80. The van der Waals surface area contributed by atoms with Crippen molar-refractivity contribution in [3.8, 4) is 5.75 Å². The first-order chi connectivity index (χ1) is 5.36. The Morgan fingerprint density at radius 3 is 3.09 bits per heavy atom. The monoisotopic (exact) mass is 145 g/mol. The van der Waals surface area contributed by atoms with E-state index in [2.05, 4.69) is 6.08 Å². The molecule has 11 heavy (non-hydrogen) atoms. The molecule has 2 rings (SSSR count). The minimum atomic E-state index is 0.107. The fourth-order valence-electron chi connectivity index (χ4n) is 1.40. The number of aryl methyl sites for hydroxylation is 1. The van der Waals surface area contributed by atoms with Gasteiger partial charge in [-0.2, -0.15) is 0 Å². The van der Waals surface area contributed by atoms with Crippen LogP contribution in [0.15, 0.2) is 24.3 Å². The molecule has 0 aromatic heterocycles. The molecule has 0 amide bonds. The summed E-state index contributed by atoms with van der Waals surface area (Å²) < 4.78 is 0. The molecule has 1 aliphatic carbocycles. The molecule has 0 bridgehead atoms. The molecule has 0 heterocycles. The van der Waals surface area contributed by atoms with Gasteiger partial charge in [-0.1, -0.05) is 18.2 Å². The second-order valence-electron chi connectivity index (χ2n) is 2.80. The van der Waals surface area contributed by atoms with Crippen molar-refractivity contribution in [3.63, 3.8) is 0 Å². The largest absolute Gasteiger partial charge is 0.290 e. The first-order valence-corrected chi connectivity index (χ1v) is 3.83. The van der Waals surface area contributed by atoms with E-state index < -0.39 is 0 Å². The fraction of sp³-hybridized carbons (Fsp3) is 0.200. The van der Waals surface area contributed by atoms with Crippen molar-refractivity contribution < 1.29 is 5.11 Å². The van der Waals surface area contributed by atoms with Crippen molar-refractivity contribution >= 4 is 6.08 Å². The van der Waals surface area contributed by atoms with E-state index in [0.29, 0.717) is 0 Å². The molecule has 0 atom stereocenters. The Morgan fingerprint density at radius 2 is 2.18 bits per heavy atom. The van der Waals surface area contributed by atoms with Gasteiger partial charge in [0.1, 0.15) is 0 Å². The summed E-state index contributed by atoms with van der Waals surface area (Å²) >= 11 is 0. The minimum Gasteiger partial charge on any atom is -0.290 e. The molecule has 1 aromatic rings. The van der Waals surface area contributed by atoms with Crippen molar-refractivity contribution in [1.29, 1.82) is 0 Å². The van der Waals surface area contributed by atoms with Gasteiger partial charge in [-0.15, -0.1) is 0 Å². The highest BCUT2D eigenvalue weighted by Gasteiger charge is 2.04. The van der Waals surface area contributed by atoms with Crippen LogP contribution >= 0.6 is 0 Å². The SMILES string of the molecule is [O]c1ccc2c(c1)C=CCC2. The summed E-state index contributed by atoms with van der Waals surface area (Å²) in [7, 11) is 0. The van der Waals surface area contributed by atoms with Crippen LogP contribution in [0.25, 0.3) is 6.08 Å². The molecule has 0 saturated heterocycles. The molecule has 1 heteroatoms. The van der Waals surface area contributed by atoms with E-state index in [4.69, 9.17) is 0 Å². The van der Waals surface area contributed by atoms with E-state index in [-0.39, 0.29) is 5.75 Å². The molecule has 0 saturated carbocycles. The summed E-state index contributed by atoms with van der Waals surface area (Å²) in [5.41, 5.74) is 2.40. The van der Waals surface area contributed by atoms with Crippen molar-refractivity contribution in [2.45, 2.75) is 12.8 Å². The Balaban J connectivity index is 2.54. The summed E-state index contributed by atoms with van der Waals surface area (Å²) in [6.45, 7) is 0. The van der Waals surface area contributed by atoms with Gasteiger partial charge in [0.15, 0.2) is 5.75 Å². The number of hydrogen-bond acceptors (Lipinski definition) is 0. The Labute approximate surface area is 66.0 Å². The van der Waals surface area contributed by atoms with Gasteiger partial charge in [0.25, 0.3) is 0 Å². The molecule has 1 aliphatic rings.